The standard InChI is InChI=1S/C13H18ClNO2/c1-9(2)6-7-17-11-4-5-13(12(14)8-11)15-10(3)16/h4-5,8-9H,6-7H2,1-3H3,(H,15,16). The van der Waals surface area contributed by atoms with Crippen LogP contribution in [-0.4, -0.2) is 12.5 Å². The minimum absolute atomic E-state index is 0.139. The van der Waals surface area contributed by atoms with Crippen LogP contribution in [0.5, 0.6) is 5.75 Å². The number of anilines is 1. The summed E-state index contributed by atoms with van der Waals surface area (Å²) in [6.45, 7) is 6.42. The van der Waals surface area contributed by atoms with Crippen molar-refractivity contribution in [3.63, 3.8) is 0 Å². The molecule has 0 fully saturated rings. The van der Waals surface area contributed by atoms with Crippen molar-refractivity contribution in [1.29, 1.82) is 0 Å². The van der Waals surface area contributed by atoms with Gasteiger partial charge < -0.3 is 10.1 Å². The summed E-state index contributed by atoms with van der Waals surface area (Å²) in [5, 5.41) is 3.14. The lowest BCUT2D eigenvalue weighted by molar-refractivity contribution is -0.114. The topological polar surface area (TPSA) is 38.3 Å². The summed E-state index contributed by atoms with van der Waals surface area (Å²) in [4.78, 5) is 10.9. The second-order valence-corrected chi connectivity index (χ2v) is 4.76. The fourth-order valence-corrected chi connectivity index (χ4v) is 1.51. The molecule has 1 aromatic rings. The fourth-order valence-electron chi connectivity index (χ4n) is 1.29. The van der Waals surface area contributed by atoms with Crippen LogP contribution in [0.4, 0.5) is 5.69 Å². The quantitative estimate of drug-likeness (QED) is 0.871. The average Bonchev–Trinajstić information content (AvgIpc) is 2.21. The van der Waals surface area contributed by atoms with Crippen molar-refractivity contribution in [2.45, 2.75) is 27.2 Å². The van der Waals surface area contributed by atoms with E-state index in [9.17, 15) is 4.79 Å². The van der Waals surface area contributed by atoms with Gasteiger partial charge in [0.05, 0.1) is 17.3 Å². The summed E-state index contributed by atoms with van der Waals surface area (Å²) in [7, 11) is 0. The number of hydrogen-bond acceptors (Lipinski definition) is 2. The number of nitrogens with one attached hydrogen (secondary N) is 1. The molecule has 0 saturated carbocycles. The first-order valence-corrected chi connectivity index (χ1v) is 6.06. The predicted molar refractivity (Wildman–Crippen MR) is 70.7 cm³/mol. The van der Waals surface area contributed by atoms with Gasteiger partial charge >= 0.3 is 0 Å². The van der Waals surface area contributed by atoms with Crippen molar-refractivity contribution in [2.75, 3.05) is 11.9 Å². The van der Waals surface area contributed by atoms with E-state index in [0.29, 0.717) is 23.2 Å². The van der Waals surface area contributed by atoms with Crippen molar-refractivity contribution in [1.82, 2.24) is 0 Å². The van der Waals surface area contributed by atoms with Crippen molar-refractivity contribution in [3.05, 3.63) is 23.2 Å². The summed E-state index contributed by atoms with van der Waals surface area (Å²) in [6.07, 6.45) is 1.01. The Balaban J connectivity index is 2.59. The molecule has 0 atom stereocenters. The van der Waals surface area contributed by atoms with Gasteiger partial charge in [-0.25, -0.2) is 0 Å². The average molecular weight is 256 g/mol. The highest BCUT2D eigenvalue weighted by molar-refractivity contribution is 6.33. The van der Waals surface area contributed by atoms with Gasteiger partial charge in [-0.05, 0) is 24.5 Å². The number of hydrogen-bond donors (Lipinski definition) is 1. The molecule has 1 N–H and O–H groups in total. The Morgan fingerprint density at radius 2 is 2.18 bits per heavy atom. The third-order valence-electron chi connectivity index (χ3n) is 2.22. The lowest BCUT2D eigenvalue weighted by Gasteiger charge is -2.10. The van der Waals surface area contributed by atoms with Crippen LogP contribution in [0.25, 0.3) is 0 Å². The van der Waals surface area contributed by atoms with E-state index in [0.717, 1.165) is 12.2 Å². The van der Waals surface area contributed by atoms with Crippen LogP contribution in [0.3, 0.4) is 0 Å². The number of rotatable bonds is 5. The molecule has 0 spiro atoms. The first-order valence-electron chi connectivity index (χ1n) is 5.69. The normalized spacial score (nSPS) is 10.4. The number of benzene rings is 1. The molecule has 0 bridgehead atoms. The van der Waals surface area contributed by atoms with Crippen LogP contribution in [0.2, 0.25) is 5.02 Å². The molecule has 1 aromatic carbocycles. The molecule has 0 aliphatic rings. The van der Waals surface area contributed by atoms with Gasteiger partial charge in [0.2, 0.25) is 5.91 Å². The maximum absolute atomic E-state index is 10.9. The minimum atomic E-state index is -0.139. The Morgan fingerprint density at radius 1 is 1.47 bits per heavy atom. The van der Waals surface area contributed by atoms with Crippen molar-refractivity contribution < 1.29 is 9.53 Å². The van der Waals surface area contributed by atoms with Gasteiger partial charge in [-0.1, -0.05) is 25.4 Å². The van der Waals surface area contributed by atoms with Crippen LogP contribution < -0.4 is 10.1 Å². The van der Waals surface area contributed by atoms with Crippen molar-refractivity contribution >= 4 is 23.2 Å². The molecule has 94 valence electrons. The first-order chi connectivity index (χ1) is 7.99. The molecule has 3 nitrogen and oxygen atoms in total. The Hall–Kier alpha value is -1.22. The van der Waals surface area contributed by atoms with Gasteiger partial charge in [0.1, 0.15) is 5.75 Å². The molecule has 1 rings (SSSR count). The van der Waals surface area contributed by atoms with Crippen LogP contribution >= 0.6 is 11.6 Å². The number of carbonyl (C=O) groups is 1. The summed E-state index contributed by atoms with van der Waals surface area (Å²) < 4.78 is 5.56. The minimum Gasteiger partial charge on any atom is -0.494 e. The summed E-state index contributed by atoms with van der Waals surface area (Å²) >= 11 is 6.02. The molecule has 0 unspecified atom stereocenters. The van der Waals surface area contributed by atoms with Gasteiger partial charge in [-0.2, -0.15) is 0 Å². The van der Waals surface area contributed by atoms with E-state index in [2.05, 4.69) is 19.2 Å². The number of ether oxygens (including phenoxy) is 1. The molecular weight excluding hydrogens is 238 g/mol. The predicted octanol–water partition coefficient (Wildman–Crippen LogP) is 3.72. The fraction of sp³-hybridized carbons (Fsp3) is 0.462. The molecule has 0 radical (unpaired) electrons. The molecule has 4 heteroatoms. The number of carbonyl (C=O) groups excluding carboxylic acids is 1. The van der Waals surface area contributed by atoms with Crippen LogP contribution in [-0.2, 0) is 4.79 Å². The second kappa shape index (κ2) is 6.50. The van der Waals surface area contributed by atoms with E-state index in [-0.39, 0.29) is 5.91 Å². The van der Waals surface area contributed by atoms with E-state index in [1.54, 1.807) is 18.2 Å². The molecule has 0 heterocycles. The van der Waals surface area contributed by atoms with E-state index in [1.807, 2.05) is 0 Å². The molecule has 17 heavy (non-hydrogen) atoms. The van der Waals surface area contributed by atoms with Gasteiger partial charge in [0, 0.05) is 13.0 Å². The van der Waals surface area contributed by atoms with Gasteiger partial charge in [-0.15, -0.1) is 0 Å². The van der Waals surface area contributed by atoms with Gasteiger partial charge in [0.25, 0.3) is 0 Å². The largest absolute Gasteiger partial charge is 0.494 e. The zero-order chi connectivity index (χ0) is 12.8. The summed E-state index contributed by atoms with van der Waals surface area (Å²) in [6, 6.07) is 5.26. The van der Waals surface area contributed by atoms with Crippen molar-refractivity contribution in [2.24, 2.45) is 5.92 Å². The van der Waals surface area contributed by atoms with E-state index in [1.165, 1.54) is 6.92 Å². The van der Waals surface area contributed by atoms with Crippen LogP contribution in [0.15, 0.2) is 18.2 Å². The Labute approximate surface area is 107 Å². The Kier molecular flexibility index (Phi) is 5.29. The monoisotopic (exact) mass is 255 g/mol. The highest BCUT2D eigenvalue weighted by atomic mass is 35.5. The first kappa shape index (κ1) is 13.8. The second-order valence-electron chi connectivity index (χ2n) is 4.35. The molecule has 0 aliphatic heterocycles. The molecular formula is C13H18ClNO2. The molecule has 0 aliphatic carbocycles. The smallest absolute Gasteiger partial charge is 0.221 e. The van der Waals surface area contributed by atoms with Crippen LogP contribution in [0, 0.1) is 5.92 Å². The Morgan fingerprint density at radius 3 is 2.71 bits per heavy atom. The third kappa shape index (κ3) is 5.09. The Bertz CT molecular complexity index is 391. The maximum Gasteiger partial charge on any atom is 0.221 e. The summed E-state index contributed by atoms with van der Waals surface area (Å²) in [5.41, 5.74) is 0.607. The number of amides is 1. The zero-order valence-corrected chi connectivity index (χ0v) is 11.2. The number of halogens is 1. The lowest BCUT2D eigenvalue weighted by atomic mass is 10.1. The maximum atomic E-state index is 10.9. The SMILES string of the molecule is CC(=O)Nc1ccc(OCCC(C)C)cc1Cl. The molecule has 0 saturated heterocycles. The van der Waals surface area contributed by atoms with E-state index >= 15 is 0 Å². The van der Waals surface area contributed by atoms with Crippen LogP contribution in [0.1, 0.15) is 27.2 Å². The zero-order valence-electron chi connectivity index (χ0n) is 10.4. The van der Waals surface area contributed by atoms with Crippen molar-refractivity contribution in [3.8, 4) is 5.75 Å². The van der Waals surface area contributed by atoms with Gasteiger partial charge in [0.15, 0.2) is 0 Å². The highest BCUT2D eigenvalue weighted by Gasteiger charge is 2.04. The lowest BCUT2D eigenvalue weighted by Crippen LogP contribution is -2.06. The third-order valence-corrected chi connectivity index (χ3v) is 2.53. The highest BCUT2D eigenvalue weighted by Crippen LogP contribution is 2.26. The summed E-state index contributed by atoms with van der Waals surface area (Å²) in [5.74, 6) is 1.20. The van der Waals surface area contributed by atoms with E-state index in [4.69, 9.17) is 16.3 Å². The van der Waals surface area contributed by atoms with E-state index < -0.39 is 0 Å². The molecule has 0 aromatic heterocycles. The molecule has 1 amide bonds. The van der Waals surface area contributed by atoms with Gasteiger partial charge in [-0.3, -0.25) is 4.79 Å².